The molecule has 2 fully saturated rings. The van der Waals surface area contributed by atoms with E-state index in [1.54, 1.807) is 4.90 Å². The molecular weight excluding hydrogens is 398 g/mol. The molecule has 7 nitrogen and oxygen atoms in total. The third-order valence-electron chi connectivity index (χ3n) is 5.01. The molecule has 0 bridgehead atoms. The summed E-state index contributed by atoms with van der Waals surface area (Å²) in [5, 5.41) is 0. The predicted molar refractivity (Wildman–Crippen MR) is 111 cm³/mol. The summed E-state index contributed by atoms with van der Waals surface area (Å²) in [5.74, 6) is 0.421. The van der Waals surface area contributed by atoms with Crippen molar-refractivity contribution in [3.05, 3.63) is 29.8 Å². The molecule has 9 heteroatoms. The topological polar surface area (TPSA) is 70.2 Å². The molecule has 0 N–H and O–H groups in total. The first-order chi connectivity index (χ1) is 13.3. The van der Waals surface area contributed by atoms with E-state index in [2.05, 4.69) is 0 Å². The molecule has 0 aromatic heterocycles. The van der Waals surface area contributed by atoms with Crippen molar-refractivity contribution in [2.45, 2.75) is 37.9 Å². The molecule has 2 saturated heterocycles. The van der Waals surface area contributed by atoms with E-state index < -0.39 is 10.2 Å². The van der Waals surface area contributed by atoms with Crippen LogP contribution in [0.2, 0.25) is 0 Å². The van der Waals surface area contributed by atoms with Crippen molar-refractivity contribution in [3.8, 4) is 0 Å². The van der Waals surface area contributed by atoms with E-state index in [9.17, 15) is 13.2 Å². The Morgan fingerprint density at radius 1 is 1.04 bits per heavy atom. The van der Waals surface area contributed by atoms with Crippen molar-refractivity contribution in [1.29, 1.82) is 0 Å². The molecule has 156 valence electrons. The van der Waals surface area contributed by atoms with Gasteiger partial charge in [-0.2, -0.15) is 17.0 Å². The lowest BCUT2D eigenvalue weighted by Crippen LogP contribution is -2.57. The van der Waals surface area contributed by atoms with Crippen molar-refractivity contribution in [2.75, 3.05) is 45.0 Å². The number of hydrogen-bond acceptors (Lipinski definition) is 5. The Hall–Kier alpha value is -1.13. The number of carbonyl (C=O) groups is 1. The summed E-state index contributed by atoms with van der Waals surface area (Å²) in [4.78, 5) is 15.3. The summed E-state index contributed by atoms with van der Waals surface area (Å²) in [5.41, 5.74) is 1.19. The first kappa shape index (κ1) is 21.6. The summed E-state index contributed by atoms with van der Waals surface area (Å²) in [6.45, 7) is 8.10. The normalized spacial score (nSPS) is 25.0. The largest absolute Gasteiger partial charge is 0.373 e. The monoisotopic (exact) mass is 427 g/mol. The van der Waals surface area contributed by atoms with E-state index in [-0.39, 0.29) is 18.1 Å². The van der Waals surface area contributed by atoms with Gasteiger partial charge in [0.05, 0.1) is 18.0 Å². The van der Waals surface area contributed by atoms with Crippen LogP contribution in [-0.4, -0.2) is 85.1 Å². The lowest BCUT2D eigenvalue weighted by molar-refractivity contribution is -0.129. The minimum absolute atomic E-state index is 0.0521. The van der Waals surface area contributed by atoms with E-state index in [1.807, 2.05) is 45.0 Å². The average molecular weight is 428 g/mol. The van der Waals surface area contributed by atoms with E-state index >= 15 is 0 Å². The van der Waals surface area contributed by atoms with Crippen LogP contribution in [0.25, 0.3) is 0 Å². The molecule has 1 aromatic carbocycles. The van der Waals surface area contributed by atoms with Gasteiger partial charge in [-0.1, -0.05) is 17.7 Å². The molecule has 2 heterocycles. The number of thioether (sulfide) groups is 1. The second kappa shape index (κ2) is 9.13. The number of rotatable bonds is 5. The Bertz CT molecular complexity index is 767. The van der Waals surface area contributed by atoms with E-state index in [4.69, 9.17) is 4.74 Å². The number of carbonyl (C=O) groups excluding carboxylic acids is 1. The Morgan fingerprint density at radius 3 is 2.18 bits per heavy atom. The summed E-state index contributed by atoms with van der Waals surface area (Å²) >= 11 is 1.52. The number of benzene rings is 1. The number of morpholine rings is 1. The third-order valence-corrected chi connectivity index (χ3v) is 7.98. The van der Waals surface area contributed by atoms with E-state index in [0.29, 0.717) is 45.0 Å². The molecule has 1 amide bonds. The molecule has 2 aliphatic heterocycles. The van der Waals surface area contributed by atoms with Crippen molar-refractivity contribution in [3.63, 3.8) is 0 Å². The molecule has 0 saturated carbocycles. The minimum atomic E-state index is -3.52. The Morgan fingerprint density at radius 2 is 1.61 bits per heavy atom. The standard InChI is InChI=1S/C19H29N3O4S2/c1-15-4-6-18(7-5-15)27-14-19(23)20-8-10-21(11-9-20)28(24,25)22-12-16(2)26-17(3)13-22/h4-7,16-17H,8-14H2,1-3H3/t16-,17-/m0/s1. The highest BCUT2D eigenvalue weighted by atomic mass is 32.2. The summed E-state index contributed by atoms with van der Waals surface area (Å²) in [6.07, 6.45) is -0.222. The number of ether oxygens (including phenoxy) is 1. The Labute approximate surface area is 172 Å². The van der Waals surface area contributed by atoms with Gasteiger partial charge in [0, 0.05) is 44.2 Å². The number of nitrogens with zero attached hydrogens (tertiary/aromatic N) is 3. The highest BCUT2D eigenvalue weighted by molar-refractivity contribution is 8.00. The molecule has 0 unspecified atom stereocenters. The van der Waals surface area contributed by atoms with Gasteiger partial charge in [0.1, 0.15) is 0 Å². The average Bonchev–Trinajstić information content (AvgIpc) is 2.66. The highest BCUT2D eigenvalue weighted by Gasteiger charge is 2.37. The van der Waals surface area contributed by atoms with Crippen molar-refractivity contribution >= 4 is 27.9 Å². The maximum atomic E-state index is 12.9. The highest BCUT2D eigenvalue weighted by Crippen LogP contribution is 2.21. The number of piperazine rings is 1. The molecule has 1 aromatic rings. The van der Waals surface area contributed by atoms with Crippen LogP contribution in [-0.2, 0) is 19.7 Å². The van der Waals surface area contributed by atoms with Crippen LogP contribution in [0.15, 0.2) is 29.2 Å². The van der Waals surface area contributed by atoms with Gasteiger partial charge < -0.3 is 9.64 Å². The fourth-order valence-corrected chi connectivity index (χ4v) is 6.07. The lowest BCUT2D eigenvalue weighted by atomic mass is 10.2. The zero-order chi connectivity index (χ0) is 20.3. The maximum absolute atomic E-state index is 12.9. The molecule has 3 rings (SSSR count). The van der Waals surface area contributed by atoms with Crippen molar-refractivity contribution < 1.29 is 17.9 Å². The molecule has 0 aliphatic carbocycles. The smallest absolute Gasteiger partial charge is 0.282 e. The van der Waals surface area contributed by atoms with Crippen LogP contribution in [0.4, 0.5) is 0 Å². The van der Waals surface area contributed by atoms with Gasteiger partial charge in [-0.15, -0.1) is 11.8 Å². The second-order valence-electron chi connectivity index (χ2n) is 7.46. The van der Waals surface area contributed by atoms with Crippen molar-refractivity contribution in [2.24, 2.45) is 0 Å². The second-order valence-corrected chi connectivity index (χ2v) is 10.4. The van der Waals surface area contributed by atoms with E-state index in [1.165, 1.54) is 25.9 Å². The number of amides is 1. The van der Waals surface area contributed by atoms with Gasteiger partial charge in [-0.25, -0.2) is 0 Å². The number of hydrogen-bond donors (Lipinski definition) is 0. The van der Waals surface area contributed by atoms with Gasteiger partial charge in [0.2, 0.25) is 5.91 Å². The lowest BCUT2D eigenvalue weighted by Gasteiger charge is -2.40. The van der Waals surface area contributed by atoms with Crippen LogP contribution < -0.4 is 0 Å². The molecular formula is C19H29N3O4S2. The zero-order valence-electron chi connectivity index (χ0n) is 16.7. The van der Waals surface area contributed by atoms with Gasteiger partial charge in [-0.3, -0.25) is 4.79 Å². The minimum Gasteiger partial charge on any atom is -0.373 e. The van der Waals surface area contributed by atoms with E-state index in [0.717, 1.165) is 4.90 Å². The third kappa shape index (κ3) is 5.27. The van der Waals surface area contributed by atoms with Gasteiger partial charge in [0.15, 0.2) is 0 Å². The Balaban J connectivity index is 1.50. The fourth-order valence-electron chi connectivity index (χ4n) is 3.52. The molecule has 2 aliphatic rings. The van der Waals surface area contributed by atoms with Gasteiger partial charge >= 0.3 is 0 Å². The van der Waals surface area contributed by atoms with Crippen molar-refractivity contribution in [1.82, 2.24) is 13.5 Å². The quantitative estimate of drug-likeness (QED) is 0.668. The van der Waals surface area contributed by atoms with Crippen LogP contribution in [0.1, 0.15) is 19.4 Å². The zero-order valence-corrected chi connectivity index (χ0v) is 18.3. The molecule has 28 heavy (non-hydrogen) atoms. The first-order valence-corrected chi connectivity index (χ1v) is 12.0. The van der Waals surface area contributed by atoms with Crippen LogP contribution in [0.5, 0.6) is 0 Å². The summed E-state index contributed by atoms with van der Waals surface area (Å²) < 4.78 is 34.5. The van der Waals surface area contributed by atoms with Crippen LogP contribution in [0, 0.1) is 6.92 Å². The van der Waals surface area contributed by atoms with Gasteiger partial charge in [0.25, 0.3) is 10.2 Å². The summed E-state index contributed by atoms with van der Waals surface area (Å²) in [6, 6.07) is 8.10. The Kier molecular flexibility index (Phi) is 7.03. The first-order valence-electron chi connectivity index (χ1n) is 9.63. The van der Waals surface area contributed by atoms with Gasteiger partial charge in [-0.05, 0) is 32.9 Å². The SMILES string of the molecule is Cc1ccc(SCC(=O)N2CCN(S(=O)(=O)N3C[C@H](C)O[C@@H](C)C3)CC2)cc1. The van der Waals surface area contributed by atoms with Crippen LogP contribution in [0.3, 0.4) is 0 Å². The van der Waals surface area contributed by atoms with Crippen LogP contribution >= 0.6 is 11.8 Å². The molecule has 0 radical (unpaired) electrons. The summed E-state index contributed by atoms with van der Waals surface area (Å²) in [7, 11) is -3.52. The molecule has 0 spiro atoms. The maximum Gasteiger partial charge on any atom is 0.282 e. The predicted octanol–water partition coefficient (Wildman–Crippen LogP) is 1.59. The fraction of sp³-hybridized carbons (Fsp3) is 0.632. The number of aryl methyl sites for hydroxylation is 1. The molecule has 2 atom stereocenters.